The molecule has 4 nitrogen and oxygen atoms in total. The minimum Gasteiger partial charge on any atom is -0.398 e. The maximum Gasteiger partial charge on any atom is 0.0953 e. The zero-order chi connectivity index (χ0) is 13.9. The smallest absolute Gasteiger partial charge is 0.0953 e. The number of nitrogens with two attached hydrogens (primary N) is 1. The lowest BCUT2D eigenvalue weighted by Gasteiger charge is -2.20. The second kappa shape index (κ2) is 5.67. The molecule has 0 amide bonds. The summed E-state index contributed by atoms with van der Waals surface area (Å²) < 4.78 is 0. The van der Waals surface area contributed by atoms with Crippen molar-refractivity contribution in [3.63, 3.8) is 0 Å². The van der Waals surface area contributed by atoms with E-state index in [9.17, 15) is 0 Å². The van der Waals surface area contributed by atoms with E-state index in [1.807, 2.05) is 30.5 Å². The van der Waals surface area contributed by atoms with Crippen molar-refractivity contribution in [3.05, 3.63) is 30.5 Å². The summed E-state index contributed by atoms with van der Waals surface area (Å²) in [7, 11) is 0. The van der Waals surface area contributed by atoms with Gasteiger partial charge in [-0.15, -0.1) is 0 Å². The molecule has 106 valence electrons. The predicted molar refractivity (Wildman–Crippen MR) is 84.9 cm³/mol. The summed E-state index contributed by atoms with van der Waals surface area (Å²) in [4.78, 5) is 6.99. The van der Waals surface area contributed by atoms with Crippen LogP contribution in [0.3, 0.4) is 0 Å². The van der Waals surface area contributed by atoms with Crippen LogP contribution in [0.4, 0.5) is 11.4 Å². The van der Waals surface area contributed by atoms with Crippen LogP contribution in [-0.4, -0.2) is 35.6 Å². The Labute approximate surface area is 120 Å². The molecular weight excluding hydrogens is 248 g/mol. The molecule has 0 radical (unpaired) electrons. The monoisotopic (exact) mass is 270 g/mol. The molecule has 1 heterocycles. The van der Waals surface area contributed by atoms with E-state index in [0.29, 0.717) is 0 Å². The van der Waals surface area contributed by atoms with Gasteiger partial charge < -0.3 is 11.1 Å². The molecule has 1 saturated carbocycles. The quantitative estimate of drug-likeness (QED) is 0.792. The van der Waals surface area contributed by atoms with E-state index in [4.69, 9.17) is 5.73 Å². The summed E-state index contributed by atoms with van der Waals surface area (Å²) in [6.45, 7) is 5.39. The van der Waals surface area contributed by atoms with Gasteiger partial charge in [0.15, 0.2) is 0 Å². The summed E-state index contributed by atoms with van der Waals surface area (Å²) in [6.07, 6.45) is 4.54. The van der Waals surface area contributed by atoms with Crippen LogP contribution in [0.2, 0.25) is 0 Å². The minimum atomic E-state index is 0.784. The summed E-state index contributed by atoms with van der Waals surface area (Å²) in [6, 6.07) is 8.74. The van der Waals surface area contributed by atoms with Gasteiger partial charge in [-0.2, -0.15) is 0 Å². The fourth-order valence-electron chi connectivity index (χ4n) is 2.71. The first-order valence-electron chi connectivity index (χ1n) is 7.40. The topological polar surface area (TPSA) is 54.2 Å². The summed E-state index contributed by atoms with van der Waals surface area (Å²) in [5, 5.41) is 4.52. The number of likely N-dealkylation sites (N-methyl/N-ethyl adjacent to an activating group) is 1. The Morgan fingerprint density at radius 1 is 1.35 bits per heavy atom. The summed E-state index contributed by atoms with van der Waals surface area (Å²) >= 11 is 0. The van der Waals surface area contributed by atoms with Crippen LogP contribution < -0.4 is 11.1 Å². The van der Waals surface area contributed by atoms with Crippen LogP contribution in [-0.2, 0) is 0 Å². The Balaban J connectivity index is 1.69. The van der Waals surface area contributed by atoms with Crippen molar-refractivity contribution in [2.24, 2.45) is 0 Å². The van der Waals surface area contributed by atoms with Crippen LogP contribution in [0, 0.1) is 0 Å². The zero-order valence-electron chi connectivity index (χ0n) is 12.0. The van der Waals surface area contributed by atoms with Crippen LogP contribution >= 0.6 is 0 Å². The first-order chi connectivity index (χ1) is 9.79. The maximum atomic E-state index is 6.00. The number of hydrogen-bond acceptors (Lipinski definition) is 4. The summed E-state index contributed by atoms with van der Waals surface area (Å²) in [5.41, 5.74) is 8.81. The van der Waals surface area contributed by atoms with Crippen molar-refractivity contribution in [2.75, 3.05) is 30.7 Å². The molecule has 1 aliphatic carbocycles. The predicted octanol–water partition coefficient (Wildman–Crippen LogP) is 2.71. The molecule has 0 saturated heterocycles. The number of hydrogen-bond donors (Lipinski definition) is 2. The largest absolute Gasteiger partial charge is 0.398 e. The van der Waals surface area contributed by atoms with Gasteiger partial charge in [0.05, 0.1) is 11.2 Å². The number of nitrogens with zero attached hydrogens (tertiary/aromatic N) is 2. The van der Waals surface area contributed by atoms with Gasteiger partial charge in [-0.05, 0) is 43.7 Å². The molecule has 3 N–H and O–H groups in total. The van der Waals surface area contributed by atoms with Crippen LogP contribution in [0.25, 0.3) is 10.9 Å². The van der Waals surface area contributed by atoms with Gasteiger partial charge in [0, 0.05) is 36.4 Å². The van der Waals surface area contributed by atoms with E-state index in [0.717, 1.165) is 48.0 Å². The third kappa shape index (κ3) is 2.70. The summed E-state index contributed by atoms with van der Waals surface area (Å²) in [5.74, 6) is 0. The van der Waals surface area contributed by atoms with Gasteiger partial charge in [0.25, 0.3) is 0 Å². The van der Waals surface area contributed by atoms with Crippen LogP contribution in [0.5, 0.6) is 0 Å². The molecule has 0 atom stereocenters. The van der Waals surface area contributed by atoms with Crippen molar-refractivity contribution >= 4 is 22.3 Å². The fraction of sp³-hybridized carbons (Fsp3) is 0.438. The molecule has 4 heteroatoms. The highest BCUT2D eigenvalue weighted by atomic mass is 15.2. The SMILES string of the molecule is CCN(CCNc1ccc(N)c2cccnc12)C1CC1. The minimum absolute atomic E-state index is 0.784. The zero-order valence-corrected chi connectivity index (χ0v) is 12.0. The van der Waals surface area contributed by atoms with Crippen molar-refractivity contribution in [1.82, 2.24) is 9.88 Å². The molecule has 0 bridgehead atoms. The second-order valence-corrected chi connectivity index (χ2v) is 5.39. The number of fused-ring (bicyclic) bond motifs is 1. The Bertz CT molecular complexity index is 592. The van der Waals surface area contributed by atoms with Crippen molar-refractivity contribution < 1.29 is 0 Å². The molecule has 0 unspecified atom stereocenters. The molecule has 1 fully saturated rings. The average Bonchev–Trinajstić information content (AvgIpc) is 3.31. The molecular formula is C16H22N4. The molecule has 20 heavy (non-hydrogen) atoms. The molecule has 0 aliphatic heterocycles. The third-order valence-corrected chi connectivity index (χ3v) is 3.99. The Kier molecular flexibility index (Phi) is 3.74. The fourth-order valence-corrected chi connectivity index (χ4v) is 2.71. The average molecular weight is 270 g/mol. The van der Waals surface area contributed by atoms with Crippen molar-refractivity contribution in [2.45, 2.75) is 25.8 Å². The lowest BCUT2D eigenvalue weighted by molar-refractivity contribution is 0.289. The van der Waals surface area contributed by atoms with Gasteiger partial charge in [-0.3, -0.25) is 9.88 Å². The van der Waals surface area contributed by atoms with Crippen molar-refractivity contribution in [1.29, 1.82) is 0 Å². The first-order valence-corrected chi connectivity index (χ1v) is 7.40. The number of anilines is 2. The number of rotatable bonds is 6. The lowest BCUT2D eigenvalue weighted by Crippen LogP contribution is -2.30. The Morgan fingerprint density at radius 3 is 2.95 bits per heavy atom. The van der Waals surface area contributed by atoms with Gasteiger partial charge in [0.2, 0.25) is 0 Å². The lowest BCUT2D eigenvalue weighted by atomic mass is 10.1. The number of nitrogens with one attached hydrogen (secondary N) is 1. The van der Waals surface area contributed by atoms with Crippen LogP contribution in [0.15, 0.2) is 30.5 Å². The van der Waals surface area contributed by atoms with E-state index < -0.39 is 0 Å². The molecule has 0 spiro atoms. The van der Waals surface area contributed by atoms with Gasteiger partial charge in [-0.1, -0.05) is 6.92 Å². The first kappa shape index (κ1) is 13.2. The second-order valence-electron chi connectivity index (χ2n) is 5.39. The van der Waals surface area contributed by atoms with E-state index in [1.165, 1.54) is 12.8 Å². The van der Waals surface area contributed by atoms with Gasteiger partial charge in [-0.25, -0.2) is 0 Å². The van der Waals surface area contributed by atoms with E-state index in [2.05, 4.69) is 22.1 Å². The maximum absolute atomic E-state index is 6.00. The third-order valence-electron chi connectivity index (χ3n) is 3.99. The van der Waals surface area contributed by atoms with Gasteiger partial charge >= 0.3 is 0 Å². The number of nitrogen functional groups attached to an aromatic ring is 1. The van der Waals surface area contributed by atoms with E-state index in [-0.39, 0.29) is 0 Å². The number of aromatic nitrogens is 1. The normalized spacial score (nSPS) is 14.9. The van der Waals surface area contributed by atoms with Crippen LogP contribution in [0.1, 0.15) is 19.8 Å². The highest BCUT2D eigenvalue weighted by Crippen LogP contribution is 2.27. The van der Waals surface area contributed by atoms with Gasteiger partial charge in [0.1, 0.15) is 0 Å². The molecule has 1 aliphatic rings. The van der Waals surface area contributed by atoms with E-state index in [1.54, 1.807) is 0 Å². The number of benzene rings is 1. The van der Waals surface area contributed by atoms with Crippen molar-refractivity contribution in [3.8, 4) is 0 Å². The Hall–Kier alpha value is -1.81. The van der Waals surface area contributed by atoms with E-state index >= 15 is 0 Å². The molecule has 1 aromatic carbocycles. The number of pyridine rings is 1. The molecule has 2 aromatic rings. The highest BCUT2D eigenvalue weighted by Gasteiger charge is 2.27. The molecule has 1 aromatic heterocycles. The highest BCUT2D eigenvalue weighted by molar-refractivity contribution is 5.98. The molecule has 3 rings (SSSR count). The standard InChI is InChI=1S/C16H22N4/c1-2-20(12-5-6-12)11-10-18-15-8-7-14(17)13-4-3-9-19-16(13)15/h3-4,7-9,12,18H,2,5-6,10-11,17H2,1H3. The Morgan fingerprint density at radius 2 is 2.20 bits per heavy atom.